The molecule has 3 heterocycles. The third-order valence-electron chi connectivity index (χ3n) is 4.28. The molecule has 0 aromatic heterocycles. The molecule has 3 saturated heterocycles. The molecule has 3 heteroatoms. The van der Waals surface area contributed by atoms with Crippen LogP contribution in [0.25, 0.3) is 0 Å². The van der Waals surface area contributed by atoms with Gasteiger partial charge >= 0.3 is 0 Å². The Hall–Kier alpha value is -0.120. The van der Waals surface area contributed by atoms with Gasteiger partial charge in [0.1, 0.15) is 0 Å². The fourth-order valence-electron chi connectivity index (χ4n) is 3.46. The van der Waals surface area contributed by atoms with E-state index in [-0.39, 0.29) is 0 Å². The van der Waals surface area contributed by atoms with Crippen molar-refractivity contribution < 1.29 is 4.74 Å². The maximum atomic E-state index is 5.90. The van der Waals surface area contributed by atoms with E-state index in [1.165, 1.54) is 45.4 Å². The molecule has 3 rings (SSSR count). The second-order valence-electron chi connectivity index (χ2n) is 5.45. The van der Waals surface area contributed by atoms with Crippen molar-refractivity contribution in [3.05, 3.63) is 0 Å². The van der Waals surface area contributed by atoms with E-state index in [1.807, 2.05) is 0 Å². The maximum absolute atomic E-state index is 5.90. The minimum atomic E-state index is 0.547. The molecule has 3 fully saturated rings. The van der Waals surface area contributed by atoms with Crippen LogP contribution in [0.4, 0.5) is 0 Å². The minimum Gasteiger partial charge on any atom is -0.372 e. The summed E-state index contributed by atoms with van der Waals surface area (Å²) in [6.07, 6.45) is 5.00. The molecular weight excluding hydrogens is 188 g/mol. The third-order valence-corrected chi connectivity index (χ3v) is 4.28. The molecule has 4 atom stereocenters. The quantitative estimate of drug-likeness (QED) is 0.694. The van der Waals surface area contributed by atoms with Gasteiger partial charge in [-0.05, 0) is 38.3 Å². The highest BCUT2D eigenvalue weighted by Crippen LogP contribution is 2.30. The van der Waals surface area contributed by atoms with Crippen LogP contribution in [0.3, 0.4) is 0 Å². The Labute approximate surface area is 92.2 Å². The Morgan fingerprint density at radius 2 is 1.87 bits per heavy atom. The topological polar surface area (TPSA) is 24.5 Å². The van der Waals surface area contributed by atoms with Gasteiger partial charge in [-0.3, -0.25) is 4.90 Å². The summed E-state index contributed by atoms with van der Waals surface area (Å²) in [7, 11) is 0. The molecule has 0 aliphatic carbocycles. The van der Waals surface area contributed by atoms with Crippen molar-refractivity contribution >= 4 is 0 Å². The first kappa shape index (κ1) is 10.1. The van der Waals surface area contributed by atoms with Crippen molar-refractivity contribution in [3.63, 3.8) is 0 Å². The second-order valence-corrected chi connectivity index (χ2v) is 5.45. The van der Waals surface area contributed by atoms with Gasteiger partial charge in [0, 0.05) is 19.1 Å². The Morgan fingerprint density at radius 1 is 1.13 bits per heavy atom. The zero-order chi connectivity index (χ0) is 10.3. The summed E-state index contributed by atoms with van der Waals surface area (Å²) in [6.45, 7) is 7.14. The molecule has 0 amide bonds. The molecule has 86 valence electrons. The fourth-order valence-corrected chi connectivity index (χ4v) is 3.46. The lowest BCUT2D eigenvalue weighted by molar-refractivity contribution is -0.0635. The minimum absolute atomic E-state index is 0.547. The molecule has 3 aliphatic rings. The number of morpholine rings is 1. The lowest BCUT2D eigenvalue weighted by atomic mass is 9.93. The van der Waals surface area contributed by atoms with Gasteiger partial charge in [0.05, 0.1) is 12.2 Å². The van der Waals surface area contributed by atoms with E-state index in [0.29, 0.717) is 12.2 Å². The van der Waals surface area contributed by atoms with Crippen LogP contribution in [-0.2, 0) is 4.74 Å². The normalized spacial score (nSPS) is 47.0. The number of rotatable bonds is 1. The highest BCUT2D eigenvalue weighted by molar-refractivity contribution is 4.91. The van der Waals surface area contributed by atoms with E-state index in [2.05, 4.69) is 17.1 Å². The fraction of sp³-hybridized carbons (Fsp3) is 1.00. The molecule has 0 aromatic carbocycles. The van der Waals surface area contributed by atoms with Crippen molar-refractivity contribution in [3.8, 4) is 0 Å². The third kappa shape index (κ3) is 1.93. The van der Waals surface area contributed by atoms with Crippen LogP contribution in [0.2, 0.25) is 0 Å². The van der Waals surface area contributed by atoms with Crippen molar-refractivity contribution in [2.45, 2.75) is 44.4 Å². The molecule has 0 radical (unpaired) electrons. The summed E-state index contributed by atoms with van der Waals surface area (Å²) >= 11 is 0. The smallest absolute Gasteiger partial charge is 0.0707 e. The van der Waals surface area contributed by atoms with E-state index in [4.69, 9.17) is 4.74 Å². The molecule has 3 nitrogen and oxygen atoms in total. The van der Waals surface area contributed by atoms with Crippen LogP contribution < -0.4 is 5.32 Å². The van der Waals surface area contributed by atoms with E-state index in [1.54, 1.807) is 0 Å². The first-order valence-corrected chi connectivity index (χ1v) is 6.43. The van der Waals surface area contributed by atoms with Gasteiger partial charge in [-0.15, -0.1) is 0 Å². The number of piperidine rings is 1. The molecule has 15 heavy (non-hydrogen) atoms. The van der Waals surface area contributed by atoms with Crippen LogP contribution >= 0.6 is 0 Å². The lowest BCUT2D eigenvalue weighted by Gasteiger charge is -2.42. The molecule has 0 spiro atoms. The van der Waals surface area contributed by atoms with Gasteiger partial charge in [0.2, 0.25) is 0 Å². The SMILES string of the molecule is CC1CNCCC1N1CC2CCC(C1)O2. The Balaban J connectivity index is 1.66. The summed E-state index contributed by atoms with van der Waals surface area (Å²) in [5.74, 6) is 0.802. The van der Waals surface area contributed by atoms with E-state index < -0.39 is 0 Å². The van der Waals surface area contributed by atoms with Crippen LogP contribution in [0, 0.1) is 5.92 Å². The Kier molecular flexibility index (Phi) is 2.71. The second kappa shape index (κ2) is 4.04. The monoisotopic (exact) mass is 210 g/mol. The zero-order valence-electron chi connectivity index (χ0n) is 9.61. The predicted octanol–water partition coefficient (Wildman–Crippen LogP) is 0.848. The van der Waals surface area contributed by atoms with Crippen LogP contribution in [-0.4, -0.2) is 49.3 Å². The highest BCUT2D eigenvalue weighted by atomic mass is 16.5. The zero-order valence-corrected chi connectivity index (χ0v) is 9.61. The first-order valence-electron chi connectivity index (χ1n) is 6.43. The molecule has 2 bridgehead atoms. The van der Waals surface area contributed by atoms with Crippen LogP contribution in [0.5, 0.6) is 0 Å². The van der Waals surface area contributed by atoms with Gasteiger partial charge in [0.15, 0.2) is 0 Å². The van der Waals surface area contributed by atoms with Crippen LogP contribution in [0.1, 0.15) is 26.2 Å². The standard InChI is InChI=1S/C12H22N2O/c1-9-6-13-5-4-12(9)14-7-10-2-3-11(8-14)15-10/h9-13H,2-8H2,1H3. The summed E-state index contributed by atoms with van der Waals surface area (Å²) in [6, 6.07) is 0.804. The average molecular weight is 210 g/mol. The van der Waals surface area contributed by atoms with E-state index >= 15 is 0 Å². The molecular formula is C12H22N2O. The number of nitrogens with zero attached hydrogens (tertiary/aromatic N) is 1. The largest absolute Gasteiger partial charge is 0.372 e. The summed E-state index contributed by atoms with van der Waals surface area (Å²) in [5.41, 5.74) is 0. The summed E-state index contributed by atoms with van der Waals surface area (Å²) in [4.78, 5) is 2.71. The van der Waals surface area contributed by atoms with Gasteiger partial charge < -0.3 is 10.1 Å². The number of fused-ring (bicyclic) bond motifs is 2. The molecule has 3 aliphatic heterocycles. The predicted molar refractivity (Wildman–Crippen MR) is 59.9 cm³/mol. The Bertz CT molecular complexity index is 222. The number of ether oxygens (including phenoxy) is 1. The molecule has 1 N–H and O–H groups in total. The summed E-state index contributed by atoms with van der Waals surface area (Å²) < 4.78 is 5.90. The van der Waals surface area contributed by atoms with Gasteiger partial charge in [-0.25, -0.2) is 0 Å². The van der Waals surface area contributed by atoms with E-state index in [0.717, 1.165) is 12.0 Å². The van der Waals surface area contributed by atoms with Gasteiger partial charge in [-0.1, -0.05) is 6.92 Å². The maximum Gasteiger partial charge on any atom is 0.0707 e. The summed E-state index contributed by atoms with van der Waals surface area (Å²) in [5, 5.41) is 3.48. The van der Waals surface area contributed by atoms with Gasteiger partial charge in [0.25, 0.3) is 0 Å². The van der Waals surface area contributed by atoms with Crippen molar-refractivity contribution in [2.24, 2.45) is 5.92 Å². The number of hydrogen-bond donors (Lipinski definition) is 1. The Morgan fingerprint density at radius 3 is 2.53 bits per heavy atom. The van der Waals surface area contributed by atoms with Crippen molar-refractivity contribution in [1.82, 2.24) is 10.2 Å². The molecule has 4 unspecified atom stereocenters. The molecule has 0 saturated carbocycles. The van der Waals surface area contributed by atoms with E-state index in [9.17, 15) is 0 Å². The van der Waals surface area contributed by atoms with Crippen molar-refractivity contribution in [1.29, 1.82) is 0 Å². The van der Waals surface area contributed by atoms with Gasteiger partial charge in [-0.2, -0.15) is 0 Å². The first-order chi connectivity index (χ1) is 7.33. The number of likely N-dealkylation sites (tertiary alicyclic amines) is 1. The number of hydrogen-bond acceptors (Lipinski definition) is 3. The molecule has 0 aromatic rings. The van der Waals surface area contributed by atoms with Crippen LogP contribution in [0.15, 0.2) is 0 Å². The lowest BCUT2D eigenvalue weighted by Crippen LogP contribution is -2.54. The highest BCUT2D eigenvalue weighted by Gasteiger charge is 2.38. The average Bonchev–Trinajstić information content (AvgIpc) is 2.58. The number of nitrogens with one attached hydrogen (secondary N) is 1. The van der Waals surface area contributed by atoms with Crippen molar-refractivity contribution in [2.75, 3.05) is 26.2 Å².